The summed E-state index contributed by atoms with van der Waals surface area (Å²) in [6.45, 7) is 7.83. The molecule has 2 N–H and O–H groups in total. The molecule has 0 amide bonds. The van der Waals surface area contributed by atoms with Gasteiger partial charge in [0.05, 0.1) is 18.1 Å². The van der Waals surface area contributed by atoms with Gasteiger partial charge in [-0.1, -0.05) is 20.8 Å². The van der Waals surface area contributed by atoms with Gasteiger partial charge in [0, 0.05) is 11.1 Å². The SMILES string of the molecule is CCc1nc(C)ccc1OCC(C)(C)CS(N)(=O)=O. The van der Waals surface area contributed by atoms with E-state index < -0.39 is 15.4 Å². The maximum Gasteiger partial charge on any atom is 0.209 e. The van der Waals surface area contributed by atoms with Crippen LogP contribution in [0.4, 0.5) is 0 Å². The van der Waals surface area contributed by atoms with Crippen LogP contribution < -0.4 is 9.88 Å². The zero-order valence-electron chi connectivity index (χ0n) is 11.9. The molecule has 19 heavy (non-hydrogen) atoms. The molecule has 0 atom stereocenters. The molecule has 5 nitrogen and oxygen atoms in total. The second-order valence-electron chi connectivity index (χ2n) is 5.51. The number of aromatic nitrogens is 1. The molecule has 108 valence electrons. The van der Waals surface area contributed by atoms with Crippen molar-refractivity contribution in [3.8, 4) is 5.75 Å². The topological polar surface area (TPSA) is 82.3 Å². The van der Waals surface area contributed by atoms with Crippen LogP contribution in [0.1, 0.15) is 32.2 Å². The molecule has 0 aliphatic rings. The van der Waals surface area contributed by atoms with Crippen molar-refractivity contribution in [2.75, 3.05) is 12.4 Å². The minimum Gasteiger partial charge on any atom is -0.491 e. The highest BCUT2D eigenvalue weighted by molar-refractivity contribution is 7.89. The Morgan fingerprint density at radius 3 is 2.53 bits per heavy atom. The smallest absolute Gasteiger partial charge is 0.209 e. The number of nitrogens with two attached hydrogens (primary N) is 1. The van der Waals surface area contributed by atoms with Crippen LogP contribution in [0.25, 0.3) is 0 Å². The molecule has 1 rings (SSSR count). The predicted octanol–water partition coefficient (Wildman–Crippen LogP) is 1.65. The molecule has 1 heterocycles. The lowest BCUT2D eigenvalue weighted by atomic mass is 9.98. The number of rotatable bonds is 6. The summed E-state index contributed by atoms with van der Waals surface area (Å²) in [6, 6.07) is 3.75. The van der Waals surface area contributed by atoms with E-state index in [9.17, 15) is 8.42 Å². The lowest BCUT2D eigenvalue weighted by Crippen LogP contribution is -2.33. The average Bonchev–Trinajstić information content (AvgIpc) is 2.24. The Morgan fingerprint density at radius 2 is 2.00 bits per heavy atom. The summed E-state index contributed by atoms with van der Waals surface area (Å²) in [6.07, 6.45) is 0.770. The van der Waals surface area contributed by atoms with E-state index in [1.165, 1.54) is 0 Å². The van der Waals surface area contributed by atoms with Gasteiger partial charge in [0.1, 0.15) is 5.75 Å². The van der Waals surface area contributed by atoms with Crippen molar-refractivity contribution in [2.45, 2.75) is 34.1 Å². The molecular formula is C13H22N2O3S. The molecular weight excluding hydrogens is 264 g/mol. The quantitative estimate of drug-likeness (QED) is 0.862. The molecule has 0 bridgehead atoms. The molecule has 0 spiro atoms. The van der Waals surface area contributed by atoms with Crippen LogP contribution in [-0.4, -0.2) is 25.8 Å². The second-order valence-corrected chi connectivity index (χ2v) is 7.13. The van der Waals surface area contributed by atoms with Gasteiger partial charge in [-0.05, 0) is 25.5 Å². The highest BCUT2D eigenvalue weighted by atomic mass is 32.2. The molecule has 0 aliphatic heterocycles. The molecule has 0 saturated carbocycles. The summed E-state index contributed by atoms with van der Waals surface area (Å²) in [5.41, 5.74) is 1.28. The number of hydrogen-bond donors (Lipinski definition) is 1. The normalized spacial score (nSPS) is 12.5. The summed E-state index contributed by atoms with van der Waals surface area (Å²) in [4.78, 5) is 4.40. The monoisotopic (exact) mass is 286 g/mol. The zero-order valence-corrected chi connectivity index (χ0v) is 12.8. The van der Waals surface area contributed by atoms with Gasteiger partial charge in [0.15, 0.2) is 0 Å². The van der Waals surface area contributed by atoms with Crippen LogP contribution >= 0.6 is 0 Å². The summed E-state index contributed by atoms with van der Waals surface area (Å²) in [7, 11) is -3.50. The van der Waals surface area contributed by atoms with Crippen LogP contribution in [0.5, 0.6) is 5.75 Å². The number of pyridine rings is 1. The average molecular weight is 286 g/mol. The van der Waals surface area contributed by atoms with Crippen LogP contribution in [0.2, 0.25) is 0 Å². The van der Waals surface area contributed by atoms with Crippen molar-refractivity contribution in [2.24, 2.45) is 10.6 Å². The van der Waals surface area contributed by atoms with Crippen molar-refractivity contribution in [1.82, 2.24) is 4.98 Å². The van der Waals surface area contributed by atoms with Crippen LogP contribution in [-0.2, 0) is 16.4 Å². The van der Waals surface area contributed by atoms with E-state index in [0.29, 0.717) is 5.75 Å². The second kappa shape index (κ2) is 5.88. The van der Waals surface area contributed by atoms with E-state index in [4.69, 9.17) is 9.88 Å². The van der Waals surface area contributed by atoms with E-state index in [2.05, 4.69) is 4.98 Å². The lowest BCUT2D eigenvalue weighted by molar-refractivity contribution is 0.197. The first-order valence-electron chi connectivity index (χ1n) is 6.23. The molecule has 0 unspecified atom stereocenters. The van der Waals surface area contributed by atoms with Crippen LogP contribution in [0.15, 0.2) is 12.1 Å². The van der Waals surface area contributed by atoms with Crippen molar-refractivity contribution in [3.63, 3.8) is 0 Å². The third kappa shape index (κ3) is 5.57. The predicted molar refractivity (Wildman–Crippen MR) is 75.6 cm³/mol. The molecule has 0 aromatic carbocycles. The fourth-order valence-electron chi connectivity index (χ4n) is 1.84. The molecule has 1 aromatic heterocycles. The Labute approximate surface area is 115 Å². The standard InChI is InChI=1S/C13H22N2O3S/c1-5-11-12(7-6-10(2)15-11)18-8-13(3,4)9-19(14,16)17/h6-7H,5,8-9H2,1-4H3,(H2,14,16,17). The van der Waals surface area contributed by atoms with E-state index in [1.807, 2.05) is 39.8 Å². The van der Waals surface area contributed by atoms with E-state index >= 15 is 0 Å². The molecule has 6 heteroatoms. The summed E-state index contributed by atoms with van der Waals surface area (Å²) >= 11 is 0. The maximum atomic E-state index is 11.1. The lowest BCUT2D eigenvalue weighted by Gasteiger charge is -2.24. The van der Waals surface area contributed by atoms with Gasteiger partial charge in [-0.3, -0.25) is 4.98 Å². The Kier molecular flexibility index (Phi) is 4.92. The van der Waals surface area contributed by atoms with E-state index in [1.54, 1.807) is 0 Å². The number of aryl methyl sites for hydroxylation is 2. The number of ether oxygens (including phenoxy) is 1. The largest absolute Gasteiger partial charge is 0.491 e. The fraction of sp³-hybridized carbons (Fsp3) is 0.615. The van der Waals surface area contributed by atoms with E-state index in [0.717, 1.165) is 17.8 Å². The Balaban J connectivity index is 2.76. The van der Waals surface area contributed by atoms with Crippen molar-refractivity contribution < 1.29 is 13.2 Å². The van der Waals surface area contributed by atoms with Gasteiger partial charge in [-0.2, -0.15) is 0 Å². The first-order valence-corrected chi connectivity index (χ1v) is 7.94. The van der Waals surface area contributed by atoms with Crippen LogP contribution in [0, 0.1) is 12.3 Å². The Bertz CT molecular complexity index is 539. The molecule has 0 fully saturated rings. The van der Waals surface area contributed by atoms with Gasteiger partial charge in [-0.25, -0.2) is 13.6 Å². The summed E-state index contributed by atoms with van der Waals surface area (Å²) in [5, 5.41) is 5.07. The van der Waals surface area contributed by atoms with Crippen LogP contribution in [0.3, 0.4) is 0 Å². The van der Waals surface area contributed by atoms with Gasteiger partial charge < -0.3 is 4.74 Å². The highest BCUT2D eigenvalue weighted by Gasteiger charge is 2.25. The van der Waals surface area contributed by atoms with Crippen molar-refractivity contribution in [1.29, 1.82) is 0 Å². The first-order chi connectivity index (χ1) is 8.63. The molecule has 1 aromatic rings. The Hall–Kier alpha value is -1.14. The summed E-state index contributed by atoms with van der Waals surface area (Å²) in [5.74, 6) is 0.594. The third-order valence-corrected chi connectivity index (χ3v) is 3.80. The minimum atomic E-state index is -3.50. The molecule has 0 saturated heterocycles. The Morgan fingerprint density at radius 1 is 1.37 bits per heavy atom. The maximum absolute atomic E-state index is 11.1. The van der Waals surface area contributed by atoms with Gasteiger partial charge in [0.2, 0.25) is 10.0 Å². The molecule has 0 radical (unpaired) electrons. The number of nitrogens with zero attached hydrogens (tertiary/aromatic N) is 1. The van der Waals surface area contributed by atoms with E-state index in [-0.39, 0.29) is 12.4 Å². The zero-order chi connectivity index (χ0) is 14.7. The summed E-state index contributed by atoms with van der Waals surface area (Å²) < 4.78 is 28.0. The minimum absolute atomic E-state index is 0.110. The van der Waals surface area contributed by atoms with Crippen molar-refractivity contribution >= 4 is 10.0 Å². The van der Waals surface area contributed by atoms with Crippen molar-refractivity contribution in [3.05, 3.63) is 23.5 Å². The number of sulfonamides is 1. The fourth-order valence-corrected chi connectivity index (χ4v) is 3.01. The number of primary sulfonamides is 1. The number of hydrogen-bond acceptors (Lipinski definition) is 4. The highest BCUT2D eigenvalue weighted by Crippen LogP contribution is 2.22. The first kappa shape index (κ1) is 15.9. The van der Waals surface area contributed by atoms with Gasteiger partial charge in [0.25, 0.3) is 0 Å². The molecule has 0 aliphatic carbocycles. The van der Waals surface area contributed by atoms with Gasteiger partial charge in [-0.15, -0.1) is 0 Å². The van der Waals surface area contributed by atoms with Gasteiger partial charge >= 0.3 is 0 Å². The third-order valence-electron chi connectivity index (χ3n) is 2.62.